The van der Waals surface area contributed by atoms with Crippen LogP contribution < -0.4 is 0 Å². The van der Waals surface area contributed by atoms with Gasteiger partial charge in [-0.2, -0.15) is 5.10 Å². The summed E-state index contributed by atoms with van der Waals surface area (Å²) in [5, 5.41) is 5.54. The van der Waals surface area contributed by atoms with Crippen molar-refractivity contribution in [2.75, 3.05) is 0 Å². The standard InChI is InChI=1S/C14H12IN3/c1-10-6-11(8-18-9-12(15)7-16-18)13-4-2-3-5-14(13)17-10/h2-7,9H,8H2,1H3. The second-order valence-corrected chi connectivity index (χ2v) is 5.54. The molecule has 3 aromatic rings. The zero-order valence-corrected chi connectivity index (χ0v) is 12.1. The van der Waals surface area contributed by atoms with Crippen LogP contribution in [0.15, 0.2) is 42.7 Å². The van der Waals surface area contributed by atoms with E-state index < -0.39 is 0 Å². The summed E-state index contributed by atoms with van der Waals surface area (Å²) in [7, 11) is 0. The number of fused-ring (bicyclic) bond motifs is 1. The number of nitrogens with zero attached hydrogens (tertiary/aromatic N) is 3. The highest BCUT2D eigenvalue weighted by molar-refractivity contribution is 14.1. The van der Waals surface area contributed by atoms with Crippen molar-refractivity contribution in [3.63, 3.8) is 0 Å². The third-order valence-corrected chi connectivity index (χ3v) is 3.42. The SMILES string of the molecule is Cc1cc(Cn2cc(I)cn2)c2ccccc2n1. The van der Waals surface area contributed by atoms with Gasteiger partial charge < -0.3 is 0 Å². The van der Waals surface area contributed by atoms with Gasteiger partial charge in [0.05, 0.1) is 21.8 Å². The Morgan fingerprint density at radius 2 is 2.11 bits per heavy atom. The maximum atomic E-state index is 4.55. The van der Waals surface area contributed by atoms with Crippen LogP contribution in [0.2, 0.25) is 0 Å². The largest absolute Gasteiger partial charge is 0.267 e. The summed E-state index contributed by atoms with van der Waals surface area (Å²) in [5.41, 5.74) is 3.36. The zero-order chi connectivity index (χ0) is 12.5. The normalized spacial score (nSPS) is 11.0. The van der Waals surface area contributed by atoms with Gasteiger partial charge in [-0.15, -0.1) is 0 Å². The molecule has 3 rings (SSSR count). The first-order chi connectivity index (χ1) is 8.72. The predicted octanol–water partition coefficient (Wildman–Crippen LogP) is 3.39. The highest BCUT2D eigenvalue weighted by atomic mass is 127. The van der Waals surface area contributed by atoms with Crippen LogP contribution in [0.5, 0.6) is 0 Å². The molecule has 0 bridgehead atoms. The van der Waals surface area contributed by atoms with Crippen molar-refractivity contribution in [1.29, 1.82) is 0 Å². The van der Waals surface area contributed by atoms with Gasteiger partial charge in [-0.1, -0.05) is 18.2 Å². The van der Waals surface area contributed by atoms with Gasteiger partial charge in [0.1, 0.15) is 0 Å². The first-order valence-electron chi connectivity index (χ1n) is 5.75. The van der Waals surface area contributed by atoms with Gasteiger partial charge in [0.15, 0.2) is 0 Å². The average molecular weight is 349 g/mol. The Morgan fingerprint density at radius 3 is 2.89 bits per heavy atom. The van der Waals surface area contributed by atoms with E-state index in [2.05, 4.69) is 56.9 Å². The van der Waals surface area contributed by atoms with E-state index in [0.29, 0.717) is 0 Å². The number of aryl methyl sites for hydroxylation is 1. The lowest BCUT2D eigenvalue weighted by molar-refractivity contribution is 0.689. The topological polar surface area (TPSA) is 30.7 Å². The van der Waals surface area contributed by atoms with Gasteiger partial charge in [0, 0.05) is 17.3 Å². The lowest BCUT2D eigenvalue weighted by atomic mass is 10.1. The minimum Gasteiger partial charge on any atom is -0.267 e. The Balaban J connectivity index is 2.10. The molecule has 0 saturated carbocycles. The molecule has 1 aromatic carbocycles. The molecule has 0 fully saturated rings. The van der Waals surface area contributed by atoms with Gasteiger partial charge in [-0.05, 0) is 47.2 Å². The molecule has 2 aromatic heterocycles. The van der Waals surface area contributed by atoms with Gasteiger partial charge in [-0.3, -0.25) is 9.67 Å². The monoisotopic (exact) mass is 349 g/mol. The first kappa shape index (κ1) is 11.6. The van der Waals surface area contributed by atoms with Crippen LogP contribution in [0.25, 0.3) is 10.9 Å². The highest BCUT2D eigenvalue weighted by Crippen LogP contribution is 2.19. The number of halogens is 1. The Bertz CT molecular complexity index is 703. The van der Waals surface area contributed by atoms with E-state index in [9.17, 15) is 0 Å². The molecule has 0 atom stereocenters. The van der Waals surface area contributed by atoms with Crippen molar-refractivity contribution < 1.29 is 0 Å². The average Bonchev–Trinajstić information content (AvgIpc) is 2.74. The third-order valence-electron chi connectivity index (χ3n) is 2.86. The number of rotatable bonds is 2. The van der Waals surface area contributed by atoms with E-state index in [-0.39, 0.29) is 0 Å². The maximum absolute atomic E-state index is 4.55. The van der Waals surface area contributed by atoms with Gasteiger partial charge in [0.2, 0.25) is 0 Å². The Labute approximate surface area is 119 Å². The minimum absolute atomic E-state index is 0.785. The van der Waals surface area contributed by atoms with E-state index in [1.54, 1.807) is 0 Å². The molecular formula is C14H12IN3. The molecule has 0 aliphatic carbocycles. The number of aromatic nitrogens is 3. The Morgan fingerprint density at radius 1 is 1.28 bits per heavy atom. The fourth-order valence-corrected chi connectivity index (χ4v) is 2.57. The van der Waals surface area contributed by atoms with Crippen LogP contribution >= 0.6 is 22.6 Å². The molecule has 0 unspecified atom stereocenters. The molecule has 3 nitrogen and oxygen atoms in total. The molecule has 0 aliphatic heterocycles. The number of benzene rings is 1. The van der Waals surface area contributed by atoms with E-state index in [4.69, 9.17) is 0 Å². The second-order valence-electron chi connectivity index (χ2n) is 4.30. The molecule has 0 spiro atoms. The van der Waals surface area contributed by atoms with Crippen molar-refractivity contribution in [1.82, 2.24) is 14.8 Å². The van der Waals surface area contributed by atoms with Crippen LogP contribution in [0.4, 0.5) is 0 Å². The van der Waals surface area contributed by atoms with E-state index >= 15 is 0 Å². The molecule has 0 N–H and O–H groups in total. The molecule has 2 heterocycles. The quantitative estimate of drug-likeness (QED) is 0.664. The number of para-hydroxylation sites is 1. The summed E-state index contributed by atoms with van der Waals surface area (Å²) in [6, 6.07) is 10.4. The van der Waals surface area contributed by atoms with Crippen LogP contribution in [0, 0.1) is 10.5 Å². The lowest BCUT2D eigenvalue weighted by Gasteiger charge is -2.07. The summed E-state index contributed by atoms with van der Waals surface area (Å²) in [4.78, 5) is 4.55. The van der Waals surface area contributed by atoms with Gasteiger partial charge >= 0.3 is 0 Å². The van der Waals surface area contributed by atoms with E-state index in [1.165, 1.54) is 10.9 Å². The van der Waals surface area contributed by atoms with Gasteiger partial charge in [-0.25, -0.2) is 0 Å². The van der Waals surface area contributed by atoms with Crippen LogP contribution in [-0.4, -0.2) is 14.8 Å². The lowest BCUT2D eigenvalue weighted by Crippen LogP contribution is -2.02. The smallest absolute Gasteiger partial charge is 0.0708 e. The molecule has 90 valence electrons. The number of hydrogen-bond acceptors (Lipinski definition) is 2. The maximum Gasteiger partial charge on any atom is 0.0708 e. The highest BCUT2D eigenvalue weighted by Gasteiger charge is 2.05. The molecule has 18 heavy (non-hydrogen) atoms. The van der Waals surface area contributed by atoms with Crippen molar-refractivity contribution in [3.8, 4) is 0 Å². The summed E-state index contributed by atoms with van der Waals surface area (Å²) in [6.45, 7) is 2.82. The first-order valence-corrected chi connectivity index (χ1v) is 6.83. The molecule has 0 radical (unpaired) electrons. The zero-order valence-electron chi connectivity index (χ0n) is 9.97. The van der Waals surface area contributed by atoms with Gasteiger partial charge in [0.25, 0.3) is 0 Å². The molecule has 0 aliphatic rings. The van der Waals surface area contributed by atoms with Crippen LogP contribution in [0.1, 0.15) is 11.3 Å². The van der Waals surface area contributed by atoms with Crippen molar-refractivity contribution in [2.24, 2.45) is 0 Å². The Hall–Kier alpha value is -1.43. The number of hydrogen-bond donors (Lipinski definition) is 0. The molecule has 0 amide bonds. The minimum atomic E-state index is 0.785. The fourth-order valence-electron chi connectivity index (χ4n) is 2.12. The van der Waals surface area contributed by atoms with E-state index in [1.807, 2.05) is 30.1 Å². The summed E-state index contributed by atoms with van der Waals surface area (Å²) < 4.78 is 3.12. The van der Waals surface area contributed by atoms with E-state index in [0.717, 1.165) is 21.3 Å². The summed E-state index contributed by atoms with van der Waals surface area (Å²) in [6.07, 6.45) is 3.92. The number of pyridine rings is 1. The third kappa shape index (κ3) is 2.25. The fraction of sp³-hybridized carbons (Fsp3) is 0.143. The predicted molar refractivity (Wildman–Crippen MR) is 80.5 cm³/mol. The summed E-state index contributed by atoms with van der Waals surface area (Å²) in [5.74, 6) is 0. The van der Waals surface area contributed by atoms with Crippen LogP contribution in [-0.2, 0) is 6.54 Å². The Kier molecular flexibility index (Phi) is 3.03. The van der Waals surface area contributed by atoms with Crippen molar-refractivity contribution in [2.45, 2.75) is 13.5 Å². The van der Waals surface area contributed by atoms with Crippen LogP contribution in [0.3, 0.4) is 0 Å². The van der Waals surface area contributed by atoms with Crippen molar-refractivity contribution in [3.05, 3.63) is 57.6 Å². The second kappa shape index (κ2) is 4.68. The van der Waals surface area contributed by atoms with Crippen molar-refractivity contribution >= 4 is 33.5 Å². The molecule has 4 heteroatoms. The molecular weight excluding hydrogens is 337 g/mol. The molecule has 0 saturated heterocycles. The summed E-state index contributed by atoms with van der Waals surface area (Å²) >= 11 is 2.27.